The Hall–Kier alpha value is -2.79. The van der Waals surface area contributed by atoms with Crippen LogP contribution in [0.25, 0.3) is 0 Å². The number of hydrogen-bond acceptors (Lipinski definition) is 8. The highest BCUT2D eigenvalue weighted by Crippen LogP contribution is 1.69. The molecule has 82 valence electrons. The fourth-order valence-electron chi connectivity index (χ4n) is 0.788. The van der Waals surface area contributed by atoms with Crippen LogP contribution >= 0.6 is 0 Å². The molecular formula is C5B2N4O6. The smallest absolute Gasteiger partial charge is 0.473 e. The van der Waals surface area contributed by atoms with Crippen LogP contribution in [0.5, 0.6) is 0 Å². The van der Waals surface area contributed by atoms with Crippen LogP contribution in [0.3, 0.4) is 0 Å². The van der Waals surface area contributed by atoms with E-state index in [2.05, 4.69) is 14.0 Å². The van der Waals surface area contributed by atoms with Crippen molar-refractivity contribution in [1.29, 1.82) is 5.26 Å². The van der Waals surface area contributed by atoms with E-state index in [1.165, 1.54) is 6.26 Å². The van der Waals surface area contributed by atoms with Crippen molar-refractivity contribution >= 4 is 21.2 Å². The Bertz CT molecular complexity index is 673. The zero-order valence-corrected chi connectivity index (χ0v) is 7.89. The van der Waals surface area contributed by atoms with Gasteiger partial charge >= 0.3 is 32.4 Å². The highest BCUT2D eigenvalue weighted by Gasteiger charge is 2.15. The second-order valence-electron chi connectivity index (χ2n) is 2.31. The molecule has 0 aromatic carbocycles. The third kappa shape index (κ3) is 2.61. The third-order valence-electron chi connectivity index (χ3n) is 1.42. The lowest BCUT2D eigenvalue weighted by atomic mass is 10.2. The molecule has 12 heteroatoms. The van der Waals surface area contributed by atoms with Gasteiger partial charge in [0, 0.05) is 0 Å². The average Bonchev–Trinajstić information content (AvgIpc) is 2.28. The van der Waals surface area contributed by atoms with Crippen LogP contribution in [-0.4, -0.2) is 30.2 Å². The Kier molecular flexibility index (Phi) is 3.86. The molecule has 0 aliphatic carbocycles. The second kappa shape index (κ2) is 5.34. The van der Waals surface area contributed by atoms with Gasteiger partial charge in [0.05, 0.1) is 0 Å². The van der Waals surface area contributed by atoms with Gasteiger partial charge in [0.25, 0.3) is 6.26 Å². The molecule has 1 aromatic heterocycles. The summed E-state index contributed by atoms with van der Waals surface area (Å²) < 4.78 is 8.52. The Morgan fingerprint density at radius 1 is 1.29 bits per heavy atom. The van der Waals surface area contributed by atoms with Crippen LogP contribution in [-0.2, 0) is 9.45 Å². The average molecular weight is 234 g/mol. The molecule has 1 aromatic rings. The van der Waals surface area contributed by atoms with Crippen LogP contribution in [0.2, 0.25) is 0 Å². The van der Waals surface area contributed by atoms with Gasteiger partial charge in [-0.15, -0.1) is 0 Å². The SMILES string of the molecule is N#CO[B]n1c(=O)oc(=O)n([B]N=C=O)c1=O. The summed E-state index contributed by atoms with van der Waals surface area (Å²) in [4.78, 5) is 46.2. The van der Waals surface area contributed by atoms with E-state index in [0.29, 0.717) is 15.2 Å². The summed E-state index contributed by atoms with van der Waals surface area (Å²) in [7, 11) is 0.930. The number of rotatable bonds is 4. The maximum absolute atomic E-state index is 11.4. The Morgan fingerprint density at radius 3 is 2.53 bits per heavy atom. The van der Waals surface area contributed by atoms with Gasteiger partial charge in [-0.25, -0.2) is 28.6 Å². The van der Waals surface area contributed by atoms with E-state index in [1.54, 1.807) is 0 Å². The molecular weight excluding hydrogens is 234 g/mol. The number of isocyanates is 1. The maximum Gasteiger partial charge on any atom is 0.546 e. The van der Waals surface area contributed by atoms with Gasteiger partial charge < -0.3 is 9.07 Å². The van der Waals surface area contributed by atoms with E-state index >= 15 is 0 Å². The van der Waals surface area contributed by atoms with Gasteiger partial charge in [0.1, 0.15) is 0 Å². The molecule has 0 aliphatic heterocycles. The Morgan fingerprint density at radius 2 is 1.94 bits per heavy atom. The van der Waals surface area contributed by atoms with Crippen LogP contribution in [0.15, 0.2) is 23.7 Å². The first-order valence-corrected chi connectivity index (χ1v) is 3.78. The summed E-state index contributed by atoms with van der Waals surface area (Å²) in [6.07, 6.45) is 2.21. The quantitative estimate of drug-likeness (QED) is 0.228. The summed E-state index contributed by atoms with van der Waals surface area (Å²) in [5.74, 6) is -2.70. The fourth-order valence-corrected chi connectivity index (χ4v) is 0.788. The van der Waals surface area contributed by atoms with Crippen LogP contribution in [0.4, 0.5) is 0 Å². The number of carbonyl (C=O) groups excluding carboxylic acids is 1. The van der Waals surface area contributed by atoms with Gasteiger partial charge in [0.15, 0.2) is 0 Å². The van der Waals surface area contributed by atoms with E-state index in [1.807, 2.05) is 0 Å². The number of hydrogen-bond donors (Lipinski definition) is 0. The summed E-state index contributed by atoms with van der Waals surface area (Å²) in [5, 5.41) is 8.08. The van der Waals surface area contributed by atoms with Crippen molar-refractivity contribution in [3.8, 4) is 6.26 Å². The van der Waals surface area contributed by atoms with Crippen molar-refractivity contribution in [3.63, 3.8) is 0 Å². The first-order valence-electron chi connectivity index (χ1n) is 3.78. The van der Waals surface area contributed by atoms with Crippen LogP contribution in [0, 0.1) is 11.5 Å². The minimum absolute atomic E-state index is 0.196. The number of nitrogens with zero attached hydrogens (tertiary/aromatic N) is 4. The Labute approximate surface area is 93.0 Å². The van der Waals surface area contributed by atoms with Gasteiger partial charge in [-0.2, -0.15) is 5.26 Å². The van der Waals surface area contributed by atoms with E-state index < -0.39 is 17.2 Å². The van der Waals surface area contributed by atoms with Gasteiger partial charge in [-0.1, -0.05) is 0 Å². The van der Waals surface area contributed by atoms with Crippen molar-refractivity contribution in [1.82, 2.24) is 8.96 Å². The first-order chi connectivity index (χ1) is 8.11. The van der Waals surface area contributed by atoms with Crippen molar-refractivity contribution < 1.29 is 13.9 Å². The normalized spacial score (nSPS) is 8.65. The zero-order valence-electron chi connectivity index (χ0n) is 7.89. The van der Waals surface area contributed by atoms with Gasteiger partial charge in [-0.05, 0) is 0 Å². The van der Waals surface area contributed by atoms with E-state index in [-0.39, 0.29) is 8.96 Å². The molecule has 0 saturated heterocycles. The minimum Gasteiger partial charge on any atom is -0.473 e. The molecule has 1 heterocycles. The molecule has 0 fully saturated rings. The molecule has 10 nitrogen and oxygen atoms in total. The molecule has 0 N–H and O–H groups in total. The lowest BCUT2D eigenvalue weighted by Gasteiger charge is -2.00. The summed E-state index contributed by atoms with van der Waals surface area (Å²) >= 11 is 0. The molecule has 0 atom stereocenters. The molecule has 17 heavy (non-hydrogen) atoms. The summed E-state index contributed by atoms with van der Waals surface area (Å²) in [6, 6.07) is 0. The molecule has 1 rings (SSSR count). The third-order valence-corrected chi connectivity index (χ3v) is 1.42. The lowest BCUT2D eigenvalue weighted by molar-refractivity contribution is 0.385. The molecule has 0 spiro atoms. The number of aromatic nitrogens is 2. The summed E-state index contributed by atoms with van der Waals surface area (Å²) in [6.45, 7) is 0. The fraction of sp³-hybridized carbons (Fsp3) is 0. The summed E-state index contributed by atoms with van der Waals surface area (Å²) in [5.41, 5.74) is -1.22. The highest BCUT2D eigenvalue weighted by atomic mass is 16.5. The highest BCUT2D eigenvalue weighted by molar-refractivity contribution is 6.32. The predicted octanol–water partition coefficient (Wildman–Crippen LogP) is -3.44. The van der Waals surface area contributed by atoms with E-state index in [9.17, 15) is 19.2 Å². The molecule has 0 unspecified atom stereocenters. The molecule has 0 amide bonds. The van der Waals surface area contributed by atoms with Crippen molar-refractivity contribution in [3.05, 3.63) is 31.6 Å². The predicted molar refractivity (Wildman–Crippen MR) is 50.6 cm³/mol. The van der Waals surface area contributed by atoms with Gasteiger partial charge in [0.2, 0.25) is 6.08 Å². The van der Waals surface area contributed by atoms with Crippen LogP contribution < -0.4 is 17.2 Å². The maximum atomic E-state index is 11.4. The van der Waals surface area contributed by atoms with Crippen molar-refractivity contribution in [2.45, 2.75) is 0 Å². The van der Waals surface area contributed by atoms with Crippen molar-refractivity contribution in [2.75, 3.05) is 0 Å². The Balaban J connectivity index is 3.38. The van der Waals surface area contributed by atoms with Crippen LogP contribution in [0.1, 0.15) is 0 Å². The van der Waals surface area contributed by atoms with E-state index in [4.69, 9.17) is 5.26 Å². The molecule has 2 radical (unpaired) electrons. The van der Waals surface area contributed by atoms with E-state index in [0.717, 1.165) is 6.08 Å². The molecule has 0 bridgehead atoms. The lowest BCUT2D eigenvalue weighted by Crippen LogP contribution is -2.49. The van der Waals surface area contributed by atoms with Crippen molar-refractivity contribution in [2.24, 2.45) is 4.90 Å². The topological polar surface area (TPSA) is 137 Å². The zero-order chi connectivity index (χ0) is 12.8. The first kappa shape index (κ1) is 12.3. The minimum atomic E-state index is -1.35. The monoisotopic (exact) mass is 234 g/mol. The van der Waals surface area contributed by atoms with Gasteiger partial charge in [-0.3, -0.25) is 4.48 Å². The largest absolute Gasteiger partial charge is 0.546 e. The second-order valence-corrected chi connectivity index (χ2v) is 2.31. The molecule has 0 aliphatic rings. The molecule has 0 saturated carbocycles. The number of nitriles is 1. The standard InChI is InChI=1S/C5B2N4O6/c8-1-16-7-11-3(13)10(6-9-2-12)4(14)17-5(11)15.